The quantitative estimate of drug-likeness (QED) is 0.839. The molecule has 0 saturated heterocycles. The van der Waals surface area contributed by atoms with Crippen molar-refractivity contribution in [2.24, 2.45) is 5.41 Å². The minimum absolute atomic E-state index is 0.186. The van der Waals surface area contributed by atoms with E-state index in [1.165, 1.54) is 0 Å². The minimum atomic E-state index is -0.655. The highest BCUT2D eigenvalue weighted by Crippen LogP contribution is 2.23. The number of amides is 1. The fraction of sp³-hybridized carbons (Fsp3) is 0.385. The van der Waals surface area contributed by atoms with Gasteiger partial charge in [0.05, 0.1) is 16.7 Å². The number of nitrogens with zero attached hydrogens (tertiary/aromatic N) is 1. The Morgan fingerprint density at radius 2 is 2.18 bits per heavy atom. The van der Waals surface area contributed by atoms with Gasteiger partial charge in [-0.05, 0) is 32.4 Å². The molecule has 0 atom stereocenters. The summed E-state index contributed by atoms with van der Waals surface area (Å²) in [7, 11) is 0. The van der Waals surface area contributed by atoms with Crippen LogP contribution in [0.4, 0.5) is 5.69 Å². The van der Waals surface area contributed by atoms with E-state index in [0.717, 1.165) is 5.56 Å². The molecule has 0 aliphatic rings. The number of aryl methyl sites for hydroxylation is 1. The number of rotatable bonds is 3. The van der Waals surface area contributed by atoms with Crippen molar-refractivity contribution in [3.63, 3.8) is 0 Å². The van der Waals surface area contributed by atoms with Crippen molar-refractivity contribution in [2.75, 3.05) is 11.2 Å². The molecular weight excluding hydrogens is 236 g/mol. The van der Waals surface area contributed by atoms with Gasteiger partial charge >= 0.3 is 0 Å². The highest BCUT2D eigenvalue weighted by atomic mass is 35.5. The summed E-state index contributed by atoms with van der Waals surface area (Å²) in [4.78, 5) is 11.9. The molecule has 4 heteroatoms. The van der Waals surface area contributed by atoms with Crippen LogP contribution in [0.25, 0.3) is 0 Å². The fourth-order valence-corrected chi connectivity index (χ4v) is 1.39. The molecule has 3 nitrogen and oxygen atoms in total. The number of alkyl halides is 1. The third-order valence-electron chi connectivity index (χ3n) is 2.58. The Hall–Kier alpha value is -1.53. The van der Waals surface area contributed by atoms with Gasteiger partial charge in [0.1, 0.15) is 6.07 Å². The molecule has 0 aromatic heterocycles. The van der Waals surface area contributed by atoms with Gasteiger partial charge in [0.15, 0.2) is 0 Å². The van der Waals surface area contributed by atoms with Gasteiger partial charge in [-0.3, -0.25) is 4.79 Å². The Bertz CT molecular complexity index is 475. The maximum Gasteiger partial charge on any atom is 0.231 e. The topological polar surface area (TPSA) is 52.9 Å². The van der Waals surface area contributed by atoms with E-state index in [0.29, 0.717) is 11.3 Å². The molecule has 1 aromatic carbocycles. The van der Waals surface area contributed by atoms with E-state index in [9.17, 15) is 4.79 Å². The van der Waals surface area contributed by atoms with Crippen LogP contribution in [0.3, 0.4) is 0 Å². The van der Waals surface area contributed by atoms with Crippen molar-refractivity contribution in [2.45, 2.75) is 20.8 Å². The Balaban J connectivity index is 3.02. The van der Waals surface area contributed by atoms with E-state index in [1.807, 2.05) is 13.0 Å². The number of halogens is 1. The standard InChI is InChI=1S/C13H15ClN2O/c1-9-5-4-6-11(10(9)7-15)16-12(17)13(2,3)8-14/h4-6H,8H2,1-3H3,(H,16,17). The van der Waals surface area contributed by atoms with Crippen LogP contribution in [-0.2, 0) is 4.79 Å². The molecule has 1 rings (SSSR count). The minimum Gasteiger partial charge on any atom is -0.324 e. The van der Waals surface area contributed by atoms with Crippen molar-refractivity contribution < 1.29 is 4.79 Å². The molecule has 90 valence electrons. The molecule has 0 aliphatic heterocycles. The van der Waals surface area contributed by atoms with Crippen molar-refractivity contribution in [1.29, 1.82) is 5.26 Å². The van der Waals surface area contributed by atoms with Crippen LogP contribution < -0.4 is 5.32 Å². The van der Waals surface area contributed by atoms with E-state index < -0.39 is 5.41 Å². The number of benzene rings is 1. The van der Waals surface area contributed by atoms with Crippen LogP contribution >= 0.6 is 11.6 Å². The molecule has 0 radical (unpaired) electrons. The van der Waals surface area contributed by atoms with Crippen molar-refractivity contribution in [1.82, 2.24) is 0 Å². The Morgan fingerprint density at radius 3 is 2.71 bits per heavy atom. The van der Waals surface area contributed by atoms with Crippen LogP contribution in [0.2, 0.25) is 0 Å². The average Bonchev–Trinajstić information content (AvgIpc) is 2.29. The predicted molar refractivity (Wildman–Crippen MR) is 69.0 cm³/mol. The van der Waals surface area contributed by atoms with E-state index >= 15 is 0 Å². The van der Waals surface area contributed by atoms with Gasteiger partial charge in [-0.1, -0.05) is 12.1 Å². The molecule has 0 fully saturated rings. The van der Waals surface area contributed by atoms with Crippen molar-refractivity contribution >= 4 is 23.2 Å². The predicted octanol–water partition coefficient (Wildman–Crippen LogP) is 3.07. The number of anilines is 1. The molecule has 17 heavy (non-hydrogen) atoms. The number of carbonyl (C=O) groups excluding carboxylic acids is 1. The molecule has 0 spiro atoms. The first-order chi connectivity index (χ1) is 7.92. The molecule has 1 aromatic rings. The van der Waals surface area contributed by atoms with E-state index in [2.05, 4.69) is 11.4 Å². The average molecular weight is 251 g/mol. The first-order valence-electron chi connectivity index (χ1n) is 5.29. The monoisotopic (exact) mass is 250 g/mol. The van der Waals surface area contributed by atoms with Crippen LogP contribution in [-0.4, -0.2) is 11.8 Å². The molecule has 0 bridgehead atoms. The summed E-state index contributed by atoms with van der Waals surface area (Å²) in [5, 5.41) is 11.8. The largest absolute Gasteiger partial charge is 0.324 e. The number of hydrogen-bond acceptors (Lipinski definition) is 2. The number of carbonyl (C=O) groups is 1. The van der Waals surface area contributed by atoms with Gasteiger partial charge < -0.3 is 5.32 Å². The molecule has 1 amide bonds. The van der Waals surface area contributed by atoms with Gasteiger partial charge in [-0.25, -0.2) is 0 Å². The normalized spacial score (nSPS) is 10.8. The second kappa shape index (κ2) is 5.20. The van der Waals surface area contributed by atoms with Crippen LogP contribution in [0.15, 0.2) is 18.2 Å². The van der Waals surface area contributed by atoms with E-state index in [4.69, 9.17) is 16.9 Å². The van der Waals surface area contributed by atoms with E-state index in [-0.39, 0.29) is 11.8 Å². The zero-order valence-electron chi connectivity index (χ0n) is 10.2. The third kappa shape index (κ3) is 2.98. The lowest BCUT2D eigenvalue weighted by Crippen LogP contribution is -2.32. The van der Waals surface area contributed by atoms with Gasteiger partial charge in [-0.2, -0.15) is 5.26 Å². The smallest absolute Gasteiger partial charge is 0.231 e. The lowest BCUT2D eigenvalue weighted by atomic mass is 9.95. The van der Waals surface area contributed by atoms with Gasteiger partial charge in [0, 0.05) is 5.88 Å². The first-order valence-corrected chi connectivity index (χ1v) is 5.83. The van der Waals surface area contributed by atoms with Gasteiger partial charge in [0.2, 0.25) is 5.91 Å². The summed E-state index contributed by atoms with van der Waals surface area (Å²) in [5.41, 5.74) is 1.22. The summed E-state index contributed by atoms with van der Waals surface area (Å²) in [6.07, 6.45) is 0. The second-order valence-electron chi connectivity index (χ2n) is 4.58. The summed E-state index contributed by atoms with van der Waals surface area (Å²) in [6.45, 7) is 5.36. The number of hydrogen-bond donors (Lipinski definition) is 1. The Kier molecular flexibility index (Phi) is 4.14. The molecule has 0 heterocycles. The SMILES string of the molecule is Cc1cccc(NC(=O)C(C)(C)CCl)c1C#N. The summed E-state index contributed by atoms with van der Waals surface area (Å²) >= 11 is 5.73. The molecule has 0 saturated carbocycles. The van der Waals surface area contributed by atoms with Crippen LogP contribution in [0.1, 0.15) is 25.0 Å². The summed E-state index contributed by atoms with van der Waals surface area (Å²) in [6, 6.07) is 7.45. The zero-order chi connectivity index (χ0) is 13.1. The first kappa shape index (κ1) is 13.5. The lowest BCUT2D eigenvalue weighted by Gasteiger charge is -2.21. The number of nitrogens with one attached hydrogen (secondary N) is 1. The highest BCUT2D eigenvalue weighted by Gasteiger charge is 2.27. The molecular formula is C13H15ClN2O. The lowest BCUT2D eigenvalue weighted by molar-refractivity contribution is -0.122. The van der Waals surface area contributed by atoms with Gasteiger partial charge in [-0.15, -0.1) is 11.6 Å². The van der Waals surface area contributed by atoms with E-state index in [1.54, 1.807) is 26.0 Å². The fourth-order valence-electron chi connectivity index (χ4n) is 1.27. The third-order valence-corrected chi connectivity index (χ3v) is 3.25. The van der Waals surface area contributed by atoms with Crippen molar-refractivity contribution in [3.8, 4) is 6.07 Å². The zero-order valence-corrected chi connectivity index (χ0v) is 10.9. The van der Waals surface area contributed by atoms with Crippen molar-refractivity contribution in [3.05, 3.63) is 29.3 Å². The van der Waals surface area contributed by atoms with Crippen LogP contribution in [0.5, 0.6) is 0 Å². The Morgan fingerprint density at radius 1 is 1.53 bits per heavy atom. The molecule has 0 unspecified atom stereocenters. The second-order valence-corrected chi connectivity index (χ2v) is 4.85. The Labute approximate surface area is 106 Å². The molecule has 1 N–H and O–H groups in total. The summed E-state index contributed by atoms with van der Waals surface area (Å²) < 4.78 is 0. The van der Waals surface area contributed by atoms with Gasteiger partial charge in [0.25, 0.3) is 0 Å². The highest BCUT2D eigenvalue weighted by molar-refractivity contribution is 6.20. The molecule has 0 aliphatic carbocycles. The number of nitriles is 1. The maximum atomic E-state index is 11.9. The summed E-state index contributed by atoms with van der Waals surface area (Å²) in [5.74, 6) is 0.0432. The maximum absolute atomic E-state index is 11.9. The van der Waals surface area contributed by atoms with Crippen LogP contribution in [0, 0.1) is 23.7 Å².